The number of likely N-dealkylation sites (tertiary alicyclic amines) is 1. The van der Waals surface area contributed by atoms with Crippen LogP contribution in [0.25, 0.3) is 0 Å². The maximum atomic E-state index is 12.7. The molecule has 1 saturated heterocycles. The quantitative estimate of drug-likeness (QED) is 0.806. The molecule has 3 nitrogen and oxygen atoms in total. The maximum absolute atomic E-state index is 12.7. The summed E-state index contributed by atoms with van der Waals surface area (Å²) in [6, 6.07) is 7.85. The number of halogens is 1. The van der Waals surface area contributed by atoms with Crippen LogP contribution in [0.2, 0.25) is 0 Å². The third-order valence-corrected chi connectivity index (χ3v) is 4.64. The summed E-state index contributed by atoms with van der Waals surface area (Å²) in [6.07, 6.45) is 7.52. The lowest BCUT2D eigenvalue weighted by Gasteiger charge is -2.44. The first-order chi connectivity index (χ1) is 9.25. The lowest BCUT2D eigenvalue weighted by molar-refractivity contribution is 0.0391. The van der Waals surface area contributed by atoms with Gasteiger partial charge in [0.05, 0.1) is 0 Å². The Kier molecular flexibility index (Phi) is 4.92. The number of carbonyl (C=O) groups is 1. The summed E-state index contributed by atoms with van der Waals surface area (Å²) < 4.78 is 0. The fraction of sp³-hybridized carbons (Fsp3) is 0.562. The lowest BCUT2D eigenvalue weighted by atomic mass is 9.78. The molecular weight excluding hydrogens is 272 g/mol. The highest BCUT2D eigenvalue weighted by Crippen LogP contribution is 2.35. The van der Waals surface area contributed by atoms with Crippen molar-refractivity contribution in [1.82, 2.24) is 4.90 Å². The summed E-state index contributed by atoms with van der Waals surface area (Å²) in [6.45, 7) is 0.912. The van der Waals surface area contributed by atoms with E-state index in [1.54, 1.807) is 6.07 Å². The van der Waals surface area contributed by atoms with Crippen molar-refractivity contribution in [1.29, 1.82) is 0 Å². The van der Waals surface area contributed by atoms with E-state index >= 15 is 0 Å². The Labute approximate surface area is 126 Å². The van der Waals surface area contributed by atoms with E-state index in [1.807, 2.05) is 18.2 Å². The molecule has 2 aliphatic rings. The standard InChI is InChI=1S/C16H22N2O.ClH/c17-14-8-3-6-13(11-14)16(19)18-10-4-7-12-5-1-2-9-15(12)18;/h3,6,8,11-12,15H,1-2,4-5,7,9-10,17H2;1H. The van der Waals surface area contributed by atoms with E-state index in [-0.39, 0.29) is 18.3 Å². The molecule has 110 valence electrons. The Hall–Kier alpha value is -1.22. The van der Waals surface area contributed by atoms with Gasteiger partial charge in [-0.15, -0.1) is 12.4 Å². The molecule has 2 unspecified atom stereocenters. The van der Waals surface area contributed by atoms with Crippen LogP contribution < -0.4 is 5.73 Å². The van der Waals surface area contributed by atoms with Crippen LogP contribution in [-0.4, -0.2) is 23.4 Å². The van der Waals surface area contributed by atoms with Crippen LogP contribution in [0.3, 0.4) is 0 Å². The Morgan fingerprint density at radius 1 is 1.15 bits per heavy atom. The van der Waals surface area contributed by atoms with Crippen LogP contribution in [0.15, 0.2) is 24.3 Å². The molecule has 2 N–H and O–H groups in total. The van der Waals surface area contributed by atoms with Gasteiger partial charge in [-0.1, -0.05) is 18.9 Å². The van der Waals surface area contributed by atoms with Crippen LogP contribution in [0.5, 0.6) is 0 Å². The van der Waals surface area contributed by atoms with Gasteiger partial charge in [0.1, 0.15) is 0 Å². The summed E-state index contributed by atoms with van der Waals surface area (Å²) in [7, 11) is 0. The molecule has 2 fully saturated rings. The number of nitrogen functional groups attached to an aromatic ring is 1. The molecule has 1 saturated carbocycles. The second-order valence-electron chi connectivity index (χ2n) is 5.88. The van der Waals surface area contributed by atoms with Crippen LogP contribution in [0.1, 0.15) is 48.9 Å². The van der Waals surface area contributed by atoms with Gasteiger partial charge in [-0.25, -0.2) is 0 Å². The summed E-state index contributed by atoms with van der Waals surface area (Å²) in [5.74, 6) is 0.899. The minimum Gasteiger partial charge on any atom is -0.399 e. The molecule has 4 heteroatoms. The molecule has 1 aromatic carbocycles. The third kappa shape index (κ3) is 2.93. The predicted molar refractivity (Wildman–Crippen MR) is 84.1 cm³/mol. The zero-order chi connectivity index (χ0) is 13.2. The van der Waals surface area contributed by atoms with Crippen molar-refractivity contribution in [2.24, 2.45) is 5.92 Å². The van der Waals surface area contributed by atoms with Gasteiger partial charge in [0.15, 0.2) is 0 Å². The van der Waals surface area contributed by atoms with Crippen molar-refractivity contribution in [3.63, 3.8) is 0 Å². The summed E-state index contributed by atoms with van der Waals surface area (Å²) in [5.41, 5.74) is 7.20. The first kappa shape index (κ1) is 15.2. The van der Waals surface area contributed by atoms with Crippen molar-refractivity contribution in [3.05, 3.63) is 29.8 Å². The molecule has 1 amide bonds. The van der Waals surface area contributed by atoms with E-state index in [0.717, 1.165) is 24.4 Å². The highest BCUT2D eigenvalue weighted by molar-refractivity contribution is 5.95. The molecule has 20 heavy (non-hydrogen) atoms. The van der Waals surface area contributed by atoms with E-state index in [1.165, 1.54) is 32.1 Å². The number of fused-ring (bicyclic) bond motifs is 1. The van der Waals surface area contributed by atoms with Gasteiger partial charge in [0.2, 0.25) is 0 Å². The Bertz CT molecular complexity index is 475. The zero-order valence-corrected chi connectivity index (χ0v) is 12.6. The highest BCUT2D eigenvalue weighted by atomic mass is 35.5. The number of anilines is 1. The molecule has 1 aliphatic carbocycles. The normalized spacial score (nSPS) is 25.5. The molecule has 0 radical (unpaired) electrons. The Morgan fingerprint density at radius 3 is 2.70 bits per heavy atom. The van der Waals surface area contributed by atoms with Gasteiger partial charge >= 0.3 is 0 Å². The van der Waals surface area contributed by atoms with Gasteiger partial charge in [-0.2, -0.15) is 0 Å². The van der Waals surface area contributed by atoms with Crippen LogP contribution in [0.4, 0.5) is 5.69 Å². The summed E-state index contributed by atoms with van der Waals surface area (Å²) >= 11 is 0. The molecule has 2 atom stereocenters. The predicted octanol–water partition coefficient (Wildman–Crippen LogP) is 3.49. The zero-order valence-electron chi connectivity index (χ0n) is 11.8. The number of benzene rings is 1. The minimum absolute atomic E-state index is 0. The number of carbonyl (C=O) groups excluding carboxylic acids is 1. The molecule has 0 bridgehead atoms. The van der Waals surface area contributed by atoms with E-state index in [0.29, 0.717) is 11.7 Å². The van der Waals surface area contributed by atoms with Crippen molar-refractivity contribution < 1.29 is 4.79 Å². The van der Waals surface area contributed by atoms with Crippen molar-refractivity contribution in [3.8, 4) is 0 Å². The average Bonchev–Trinajstić information content (AvgIpc) is 2.46. The van der Waals surface area contributed by atoms with E-state index < -0.39 is 0 Å². The molecule has 3 rings (SSSR count). The number of rotatable bonds is 1. The molecule has 1 aliphatic heterocycles. The smallest absolute Gasteiger partial charge is 0.254 e. The van der Waals surface area contributed by atoms with E-state index in [9.17, 15) is 4.79 Å². The summed E-state index contributed by atoms with van der Waals surface area (Å²) in [5, 5.41) is 0. The van der Waals surface area contributed by atoms with Crippen LogP contribution in [-0.2, 0) is 0 Å². The second kappa shape index (κ2) is 6.49. The number of amides is 1. The molecule has 0 aromatic heterocycles. The maximum Gasteiger partial charge on any atom is 0.254 e. The molecule has 0 spiro atoms. The SMILES string of the molecule is Cl.Nc1cccc(C(=O)N2CCCC3CCCCC32)c1. The second-order valence-corrected chi connectivity index (χ2v) is 5.88. The first-order valence-corrected chi connectivity index (χ1v) is 7.42. The first-order valence-electron chi connectivity index (χ1n) is 7.42. The molecule has 1 heterocycles. The molecular formula is C16H23ClN2O. The van der Waals surface area contributed by atoms with Gasteiger partial charge in [0.25, 0.3) is 5.91 Å². The average molecular weight is 295 g/mol. The van der Waals surface area contributed by atoms with Crippen molar-refractivity contribution in [2.75, 3.05) is 12.3 Å². The van der Waals surface area contributed by atoms with E-state index in [4.69, 9.17) is 5.73 Å². The van der Waals surface area contributed by atoms with Crippen LogP contribution >= 0.6 is 12.4 Å². The third-order valence-electron chi connectivity index (χ3n) is 4.64. The molecule has 1 aromatic rings. The fourth-order valence-corrected chi connectivity index (χ4v) is 3.71. The number of piperidine rings is 1. The lowest BCUT2D eigenvalue weighted by Crippen LogP contribution is -2.49. The number of nitrogens with two attached hydrogens (primary N) is 1. The highest BCUT2D eigenvalue weighted by Gasteiger charge is 2.35. The minimum atomic E-state index is 0. The fourth-order valence-electron chi connectivity index (χ4n) is 3.71. The topological polar surface area (TPSA) is 46.3 Å². The summed E-state index contributed by atoms with van der Waals surface area (Å²) in [4.78, 5) is 14.8. The van der Waals surface area contributed by atoms with E-state index in [2.05, 4.69) is 4.90 Å². The van der Waals surface area contributed by atoms with Crippen molar-refractivity contribution >= 4 is 24.0 Å². The van der Waals surface area contributed by atoms with Gasteiger partial charge < -0.3 is 10.6 Å². The monoisotopic (exact) mass is 294 g/mol. The van der Waals surface area contributed by atoms with Gasteiger partial charge in [-0.05, 0) is 49.8 Å². The van der Waals surface area contributed by atoms with Crippen molar-refractivity contribution in [2.45, 2.75) is 44.6 Å². The Morgan fingerprint density at radius 2 is 1.90 bits per heavy atom. The van der Waals surface area contributed by atoms with Gasteiger partial charge in [-0.3, -0.25) is 4.79 Å². The number of nitrogens with zero attached hydrogens (tertiary/aromatic N) is 1. The Balaban J connectivity index is 0.00000147. The number of hydrogen-bond donors (Lipinski definition) is 1. The number of hydrogen-bond acceptors (Lipinski definition) is 2. The van der Waals surface area contributed by atoms with Crippen LogP contribution in [0, 0.1) is 5.92 Å². The largest absolute Gasteiger partial charge is 0.399 e. The van der Waals surface area contributed by atoms with Gasteiger partial charge in [0, 0.05) is 23.8 Å².